The number of anilines is 1. The van der Waals surface area contributed by atoms with Gasteiger partial charge in [0.1, 0.15) is 0 Å². The highest BCUT2D eigenvalue weighted by Gasteiger charge is 2.12. The van der Waals surface area contributed by atoms with Crippen molar-refractivity contribution >= 4 is 17.5 Å². The quantitative estimate of drug-likeness (QED) is 0.508. The van der Waals surface area contributed by atoms with E-state index in [1.807, 2.05) is 73.7 Å². The van der Waals surface area contributed by atoms with E-state index in [1.165, 1.54) is 5.56 Å². The second kappa shape index (κ2) is 10.8. The van der Waals surface area contributed by atoms with Gasteiger partial charge < -0.3 is 16.0 Å². The Bertz CT molecular complexity index is 958. The standard InChI is InChI=1S/C25H27N3O2/c1-19(21-11-6-3-7-12-21)28-25(30)22-13-8-14-23(17-22)27-18-24(29)26-16-15-20-9-4-2-5-10-20/h2-14,17,19,27H,15-16,18H2,1H3,(H,26,29)(H,28,30). The molecule has 0 saturated carbocycles. The number of nitrogens with one attached hydrogen (secondary N) is 3. The van der Waals surface area contributed by atoms with Gasteiger partial charge in [0.05, 0.1) is 12.6 Å². The first-order valence-electron chi connectivity index (χ1n) is 10.1. The fourth-order valence-corrected chi connectivity index (χ4v) is 3.11. The summed E-state index contributed by atoms with van der Waals surface area (Å²) in [4.78, 5) is 24.7. The molecule has 3 N–H and O–H groups in total. The molecule has 0 aliphatic carbocycles. The van der Waals surface area contributed by atoms with Crippen LogP contribution in [0.5, 0.6) is 0 Å². The molecule has 1 atom stereocenters. The summed E-state index contributed by atoms with van der Waals surface area (Å²) < 4.78 is 0. The number of carbonyl (C=O) groups excluding carboxylic acids is 2. The summed E-state index contributed by atoms with van der Waals surface area (Å²) >= 11 is 0. The zero-order valence-corrected chi connectivity index (χ0v) is 17.1. The lowest BCUT2D eigenvalue weighted by atomic mass is 10.1. The number of amides is 2. The average Bonchev–Trinajstić information content (AvgIpc) is 2.79. The molecule has 5 heteroatoms. The maximum absolute atomic E-state index is 12.6. The third-order valence-corrected chi connectivity index (χ3v) is 4.80. The summed E-state index contributed by atoms with van der Waals surface area (Å²) in [6.07, 6.45) is 0.793. The molecule has 0 heterocycles. The van der Waals surface area contributed by atoms with Crippen molar-refractivity contribution in [1.29, 1.82) is 0 Å². The van der Waals surface area contributed by atoms with Crippen molar-refractivity contribution in [2.75, 3.05) is 18.4 Å². The lowest BCUT2D eigenvalue weighted by Crippen LogP contribution is -2.31. The van der Waals surface area contributed by atoms with Crippen molar-refractivity contribution < 1.29 is 9.59 Å². The maximum Gasteiger partial charge on any atom is 0.251 e. The van der Waals surface area contributed by atoms with Crippen LogP contribution in [0.1, 0.15) is 34.5 Å². The molecule has 1 unspecified atom stereocenters. The summed E-state index contributed by atoms with van der Waals surface area (Å²) in [7, 11) is 0. The van der Waals surface area contributed by atoms with Gasteiger partial charge in [0.2, 0.25) is 5.91 Å². The lowest BCUT2D eigenvalue weighted by Gasteiger charge is -2.15. The van der Waals surface area contributed by atoms with Gasteiger partial charge in [-0.2, -0.15) is 0 Å². The van der Waals surface area contributed by atoms with Crippen molar-refractivity contribution in [3.05, 3.63) is 102 Å². The fourth-order valence-electron chi connectivity index (χ4n) is 3.11. The van der Waals surface area contributed by atoms with Gasteiger partial charge in [-0.05, 0) is 42.7 Å². The van der Waals surface area contributed by atoms with Crippen molar-refractivity contribution in [1.82, 2.24) is 10.6 Å². The van der Waals surface area contributed by atoms with E-state index >= 15 is 0 Å². The van der Waals surface area contributed by atoms with Crippen LogP contribution in [0.3, 0.4) is 0 Å². The molecule has 30 heavy (non-hydrogen) atoms. The minimum Gasteiger partial charge on any atom is -0.376 e. The molecule has 5 nitrogen and oxygen atoms in total. The van der Waals surface area contributed by atoms with Crippen LogP contribution in [0.2, 0.25) is 0 Å². The molecule has 3 aromatic rings. The van der Waals surface area contributed by atoms with E-state index in [-0.39, 0.29) is 24.4 Å². The van der Waals surface area contributed by atoms with Crippen molar-refractivity contribution in [2.45, 2.75) is 19.4 Å². The average molecular weight is 402 g/mol. The molecule has 3 rings (SSSR count). The first-order chi connectivity index (χ1) is 14.6. The van der Waals surface area contributed by atoms with E-state index in [0.29, 0.717) is 12.1 Å². The second-order valence-corrected chi connectivity index (χ2v) is 7.13. The fraction of sp³-hybridized carbons (Fsp3) is 0.200. The highest BCUT2D eigenvalue weighted by Crippen LogP contribution is 2.14. The predicted molar refractivity (Wildman–Crippen MR) is 120 cm³/mol. The minimum atomic E-state index is -0.151. The monoisotopic (exact) mass is 401 g/mol. The summed E-state index contributed by atoms with van der Waals surface area (Å²) in [5.41, 5.74) is 3.52. The zero-order valence-electron chi connectivity index (χ0n) is 17.1. The van der Waals surface area contributed by atoms with Crippen molar-refractivity contribution in [2.24, 2.45) is 0 Å². The summed E-state index contributed by atoms with van der Waals surface area (Å²) in [5, 5.41) is 8.99. The topological polar surface area (TPSA) is 70.2 Å². The van der Waals surface area contributed by atoms with Crippen LogP contribution in [0.4, 0.5) is 5.69 Å². The summed E-state index contributed by atoms with van der Waals surface area (Å²) in [6.45, 7) is 2.69. The molecular weight excluding hydrogens is 374 g/mol. The van der Waals surface area contributed by atoms with Gasteiger partial charge in [0.25, 0.3) is 5.91 Å². The first kappa shape index (κ1) is 21.1. The Morgan fingerprint density at radius 1 is 0.867 bits per heavy atom. The Morgan fingerprint density at radius 3 is 2.30 bits per heavy atom. The first-order valence-corrected chi connectivity index (χ1v) is 10.1. The number of hydrogen-bond acceptors (Lipinski definition) is 3. The number of benzene rings is 3. The van der Waals surface area contributed by atoms with Crippen molar-refractivity contribution in [3.63, 3.8) is 0 Å². The van der Waals surface area contributed by atoms with Crippen LogP contribution in [0.15, 0.2) is 84.9 Å². The SMILES string of the molecule is CC(NC(=O)c1cccc(NCC(=O)NCCc2ccccc2)c1)c1ccccc1. The molecule has 154 valence electrons. The smallest absolute Gasteiger partial charge is 0.251 e. The van der Waals surface area contributed by atoms with Crippen LogP contribution < -0.4 is 16.0 Å². The summed E-state index contributed by atoms with van der Waals surface area (Å²) in [5.74, 6) is -0.235. The Balaban J connectivity index is 1.46. The van der Waals surface area contributed by atoms with E-state index in [9.17, 15) is 9.59 Å². The van der Waals surface area contributed by atoms with Gasteiger partial charge in [-0.3, -0.25) is 9.59 Å². The Labute approximate surface area is 177 Å². The van der Waals surface area contributed by atoms with E-state index in [1.54, 1.807) is 18.2 Å². The van der Waals surface area contributed by atoms with Crippen LogP contribution >= 0.6 is 0 Å². The molecule has 0 fully saturated rings. The number of carbonyl (C=O) groups is 2. The molecule has 3 aromatic carbocycles. The van der Waals surface area contributed by atoms with Gasteiger partial charge >= 0.3 is 0 Å². The van der Waals surface area contributed by atoms with Crippen LogP contribution in [0, 0.1) is 0 Å². The molecule has 0 aliphatic rings. The molecule has 0 spiro atoms. The van der Waals surface area contributed by atoms with Gasteiger partial charge in [0.15, 0.2) is 0 Å². The lowest BCUT2D eigenvalue weighted by molar-refractivity contribution is -0.119. The van der Waals surface area contributed by atoms with Crippen LogP contribution in [-0.2, 0) is 11.2 Å². The highest BCUT2D eigenvalue weighted by atomic mass is 16.2. The van der Waals surface area contributed by atoms with E-state index in [0.717, 1.165) is 17.7 Å². The van der Waals surface area contributed by atoms with Gasteiger partial charge in [-0.15, -0.1) is 0 Å². The third kappa shape index (κ3) is 6.48. The number of rotatable bonds is 9. The van der Waals surface area contributed by atoms with E-state index < -0.39 is 0 Å². The Hall–Kier alpha value is -3.60. The van der Waals surface area contributed by atoms with E-state index in [4.69, 9.17) is 0 Å². The summed E-state index contributed by atoms with van der Waals surface area (Å²) in [6, 6.07) is 26.9. The largest absolute Gasteiger partial charge is 0.376 e. The molecule has 2 amide bonds. The Morgan fingerprint density at radius 2 is 1.57 bits per heavy atom. The molecular formula is C25H27N3O2. The van der Waals surface area contributed by atoms with Crippen LogP contribution in [-0.4, -0.2) is 24.9 Å². The zero-order chi connectivity index (χ0) is 21.2. The molecule has 0 aromatic heterocycles. The van der Waals surface area contributed by atoms with E-state index in [2.05, 4.69) is 16.0 Å². The van der Waals surface area contributed by atoms with Gasteiger partial charge in [0, 0.05) is 17.8 Å². The molecule has 0 bridgehead atoms. The molecule has 0 saturated heterocycles. The predicted octanol–water partition coefficient (Wildman–Crippen LogP) is 3.95. The van der Waals surface area contributed by atoms with Crippen molar-refractivity contribution in [3.8, 4) is 0 Å². The molecule has 0 aliphatic heterocycles. The normalized spacial score (nSPS) is 11.4. The highest BCUT2D eigenvalue weighted by molar-refractivity contribution is 5.95. The number of hydrogen-bond donors (Lipinski definition) is 3. The molecule has 0 radical (unpaired) electrons. The third-order valence-electron chi connectivity index (χ3n) is 4.80. The minimum absolute atomic E-state index is 0.0847. The Kier molecular flexibility index (Phi) is 7.61. The van der Waals surface area contributed by atoms with Crippen LogP contribution in [0.25, 0.3) is 0 Å². The second-order valence-electron chi connectivity index (χ2n) is 7.13. The van der Waals surface area contributed by atoms with Gasteiger partial charge in [-0.25, -0.2) is 0 Å². The van der Waals surface area contributed by atoms with Gasteiger partial charge in [-0.1, -0.05) is 66.7 Å². The maximum atomic E-state index is 12.6.